The quantitative estimate of drug-likeness (QED) is 0.662. The Morgan fingerprint density at radius 2 is 1.81 bits per heavy atom. The molecule has 3 saturated carbocycles. The van der Waals surface area contributed by atoms with Crippen LogP contribution in [0, 0.1) is 23.7 Å². The topological polar surface area (TPSA) is 30.5 Å². The maximum atomic E-state index is 5.46. The molecule has 3 aliphatic carbocycles. The molecule has 3 nitrogen and oxygen atoms in total. The number of fused-ring (bicyclic) bond motifs is 5. The zero-order valence-corrected chi connectivity index (χ0v) is 10.2. The molecule has 0 saturated heterocycles. The summed E-state index contributed by atoms with van der Waals surface area (Å²) >= 11 is 0. The van der Waals surface area contributed by atoms with E-state index < -0.39 is 0 Å². The monoisotopic (exact) mass is 225 g/mol. The molecule has 3 rings (SSSR count). The molecular weight excluding hydrogens is 202 g/mol. The molecular formula is C13H23NO2. The highest BCUT2D eigenvalue weighted by Crippen LogP contribution is 2.65. The molecule has 3 fully saturated rings. The summed E-state index contributed by atoms with van der Waals surface area (Å²) in [5, 5.41) is 3.67. The van der Waals surface area contributed by atoms with E-state index in [-0.39, 0.29) is 0 Å². The van der Waals surface area contributed by atoms with Crippen LogP contribution in [-0.2, 0) is 9.47 Å². The van der Waals surface area contributed by atoms with Crippen molar-refractivity contribution < 1.29 is 9.47 Å². The second-order valence-corrected chi connectivity index (χ2v) is 5.57. The predicted molar refractivity (Wildman–Crippen MR) is 62.3 cm³/mol. The highest BCUT2D eigenvalue weighted by Gasteiger charge is 2.64. The van der Waals surface area contributed by atoms with Crippen LogP contribution in [0.2, 0.25) is 0 Å². The van der Waals surface area contributed by atoms with Crippen molar-refractivity contribution in [2.45, 2.75) is 25.3 Å². The lowest BCUT2D eigenvalue weighted by Gasteiger charge is -2.10. The maximum Gasteiger partial charge on any atom is 0.0700 e. The lowest BCUT2D eigenvalue weighted by molar-refractivity contribution is 0.0715. The Bertz CT molecular complexity index is 230. The molecule has 0 heterocycles. The van der Waals surface area contributed by atoms with Crippen molar-refractivity contribution in [3.05, 3.63) is 0 Å². The molecule has 4 unspecified atom stereocenters. The van der Waals surface area contributed by atoms with Gasteiger partial charge in [-0.1, -0.05) is 0 Å². The minimum Gasteiger partial charge on any atom is -0.382 e. The number of rotatable bonds is 7. The molecule has 0 aromatic rings. The van der Waals surface area contributed by atoms with Crippen molar-refractivity contribution in [3.63, 3.8) is 0 Å². The third-order valence-corrected chi connectivity index (χ3v) is 4.79. The van der Waals surface area contributed by atoms with Crippen LogP contribution in [0.5, 0.6) is 0 Å². The van der Waals surface area contributed by atoms with Gasteiger partial charge in [0.25, 0.3) is 0 Å². The summed E-state index contributed by atoms with van der Waals surface area (Å²) in [6.07, 6.45) is 4.56. The van der Waals surface area contributed by atoms with Gasteiger partial charge in [-0.05, 0) is 42.9 Å². The maximum absolute atomic E-state index is 5.46. The Balaban J connectivity index is 1.28. The number of ether oxygens (including phenoxy) is 2. The van der Waals surface area contributed by atoms with Crippen molar-refractivity contribution in [2.24, 2.45) is 23.7 Å². The zero-order valence-electron chi connectivity index (χ0n) is 10.2. The van der Waals surface area contributed by atoms with Gasteiger partial charge in [0, 0.05) is 19.7 Å². The number of hydrogen-bond donors (Lipinski definition) is 1. The molecule has 0 aromatic heterocycles. The van der Waals surface area contributed by atoms with E-state index in [0.717, 1.165) is 49.5 Å². The summed E-state index contributed by atoms with van der Waals surface area (Å²) in [5.41, 5.74) is 0. The molecule has 1 N–H and O–H groups in total. The first kappa shape index (κ1) is 11.0. The molecule has 3 heteroatoms. The van der Waals surface area contributed by atoms with Crippen LogP contribution >= 0.6 is 0 Å². The third kappa shape index (κ3) is 1.89. The fraction of sp³-hybridized carbons (Fsp3) is 1.00. The van der Waals surface area contributed by atoms with Crippen LogP contribution in [0.15, 0.2) is 0 Å². The molecule has 0 aliphatic heterocycles. The number of nitrogens with one attached hydrogen (secondary N) is 1. The standard InChI is InChI=1S/C13H23NO2/c1-15-6-7-16-5-4-14-13-11-9-2-3-10(8-9)12(11)13/h9-14H,2-8H2,1H3. The average molecular weight is 225 g/mol. The molecule has 2 bridgehead atoms. The first-order chi connectivity index (χ1) is 7.92. The van der Waals surface area contributed by atoms with Crippen LogP contribution in [0.25, 0.3) is 0 Å². The summed E-state index contributed by atoms with van der Waals surface area (Å²) in [4.78, 5) is 0. The van der Waals surface area contributed by atoms with E-state index in [1.54, 1.807) is 7.11 Å². The minimum atomic E-state index is 0.707. The van der Waals surface area contributed by atoms with E-state index in [9.17, 15) is 0 Å². The Labute approximate surface area is 97.9 Å². The third-order valence-electron chi connectivity index (χ3n) is 4.79. The van der Waals surface area contributed by atoms with Gasteiger partial charge in [-0.15, -0.1) is 0 Å². The van der Waals surface area contributed by atoms with Crippen molar-refractivity contribution in [1.29, 1.82) is 0 Å². The van der Waals surface area contributed by atoms with Gasteiger partial charge in [-0.3, -0.25) is 0 Å². The Morgan fingerprint density at radius 1 is 1.06 bits per heavy atom. The molecule has 0 amide bonds. The van der Waals surface area contributed by atoms with Gasteiger partial charge < -0.3 is 14.8 Å². The summed E-state index contributed by atoms with van der Waals surface area (Å²) in [6, 6.07) is 0.845. The van der Waals surface area contributed by atoms with E-state index in [1.807, 2.05) is 0 Å². The molecule has 3 aliphatic rings. The SMILES string of the molecule is COCCOCCNC1C2C3CCC(C3)C12. The van der Waals surface area contributed by atoms with E-state index in [2.05, 4.69) is 5.32 Å². The van der Waals surface area contributed by atoms with Crippen LogP contribution < -0.4 is 5.32 Å². The molecule has 0 radical (unpaired) electrons. The number of methoxy groups -OCH3 is 1. The number of hydrogen-bond acceptors (Lipinski definition) is 3. The molecule has 92 valence electrons. The normalized spacial score (nSPS) is 43.7. The van der Waals surface area contributed by atoms with Gasteiger partial charge in [0.2, 0.25) is 0 Å². The summed E-state index contributed by atoms with van der Waals surface area (Å²) in [7, 11) is 1.71. The molecule has 16 heavy (non-hydrogen) atoms. The lowest BCUT2D eigenvalue weighted by Crippen LogP contribution is -2.27. The Kier molecular flexibility index (Phi) is 3.18. The molecule has 0 aromatic carbocycles. The Hall–Kier alpha value is -0.120. The first-order valence-corrected chi connectivity index (χ1v) is 6.72. The fourth-order valence-corrected chi connectivity index (χ4v) is 4.14. The summed E-state index contributed by atoms with van der Waals surface area (Å²) < 4.78 is 10.4. The van der Waals surface area contributed by atoms with Crippen LogP contribution in [0.3, 0.4) is 0 Å². The summed E-state index contributed by atoms with van der Waals surface area (Å²) in [6.45, 7) is 3.27. The van der Waals surface area contributed by atoms with E-state index in [1.165, 1.54) is 19.3 Å². The fourth-order valence-electron chi connectivity index (χ4n) is 4.14. The summed E-state index contributed by atoms with van der Waals surface area (Å²) in [5.74, 6) is 4.22. The van der Waals surface area contributed by atoms with E-state index >= 15 is 0 Å². The highest BCUT2D eigenvalue weighted by atomic mass is 16.5. The smallest absolute Gasteiger partial charge is 0.0700 e. The Morgan fingerprint density at radius 3 is 2.50 bits per heavy atom. The van der Waals surface area contributed by atoms with Gasteiger partial charge in [0.1, 0.15) is 0 Å². The van der Waals surface area contributed by atoms with E-state index in [4.69, 9.17) is 9.47 Å². The highest BCUT2D eigenvalue weighted by molar-refractivity contribution is 5.16. The van der Waals surface area contributed by atoms with E-state index in [0.29, 0.717) is 6.61 Å². The van der Waals surface area contributed by atoms with Gasteiger partial charge in [-0.2, -0.15) is 0 Å². The van der Waals surface area contributed by atoms with Crippen LogP contribution in [-0.4, -0.2) is 39.5 Å². The van der Waals surface area contributed by atoms with Gasteiger partial charge >= 0.3 is 0 Å². The lowest BCUT2D eigenvalue weighted by atomic mass is 10.0. The van der Waals surface area contributed by atoms with Crippen molar-refractivity contribution >= 4 is 0 Å². The van der Waals surface area contributed by atoms with Gasteiger partial charge in [0.05, 0.1) is 19.8 Å². The van der Waals surface area contributed by atoms with Crippen LogP contribution in [0.1, 0.15) is 19.3 Å². The predicted octanol–water partition coefficient (Wildman–Crippen LogP) is 1.28. The largest absolute Gasteiger partial charge is 0.382 e. The average Bonchev–Trinajstić information content (AvgIpc) is 2.71. The second kappa shape index (κ2) is 4.63. The van der Waals surface area contributed by atoms with Crippen LogP contribution in [0.4, 0.5) is 0 Å². The molecule has 4 atom stereocenters. The second-order valence-electron chi connectivity index (χ2n) is 5.57. The first-order valence-electron chi connectivity index (χ1n) is 6.72. The van der Waals surface area contributed by atoms with Crippen molar-refractivity contribution in [3.8, 4) is 0 Å². The zero-order chi connectivity index (χ0) is 11.0. The van der Waals surface area contributed by atoms with Gasteiger partial charge in [0.15, 0.2) is 0 Å². The molecule has 0 spiro atoms. The van der Waals surface area contributed by atoms with Crippen molar-refractivity contribution in [2.75, 3.05) is 33.5 Å². The van der Waals surface area contributed by atoms with Gasteiger partial charge in [-0.25, -0.2) is 0 Å². The van der Waals surface area contributed by atoms with Crippen molar-refractivity contribution in [1.82, 2.24) is 5.32 Å². The minimum absolute atomic E-state index is 0.707.